The van der Waals surface area contributed by atoms with E-state index in [-0.39, 0.29) is 5.60 Å². The van der Waals surface area contributed by atoms with Gasteiger partial charge in [0.15, 0.2) is 0 Å². The molecule has 1 heterocycles. The summed E-state index contributed by atoms with van der Waals surface area (Å²) < 4.78 is 7.56. The van der Waals surface area contributed by atoms with E-state index < -0.39 is 0 Å². The third-order valence-electron chi connectivity index (χ3n) is 11.3. The van der Waals surface area contributed by atoms with E-state index in [0.717, 1.165) is 6.61 Å². The molecule has 0 aromatic carbocycles. The molecule has 0 unspecified atom stereocenters. The molecule has 0 aromatic rings. The fraction of sp³-hybridized carbons (Fsp3) is 1.00. The zero-order valence-corrected chi connectivity index (χ0v) is 29.8. The molecule has 0 bridgehead atoms. The Morgan fingerprint density at radius 2 is 0.634 bits per heavy atom. The van der Waals surface area contributed by atoms with E-state index >= 15 is 0 Å². The summed E-state index contributed by atoms with van der Waals surface area (Å²) in [6.07, 6.45) is 41.9. The number of hydrogen-bond acceptors (Lipinski definition) is 1. The van der Waals surface area contributed by atoms with Crippen LogP contribution in [0.5, 0.6) is 0 Å². The van der Waals surface area contributed by atoms with E-state index in [2.05, 4.69) is 41.5 Å². The quantitative estimate of drug-likeness (QED) is 0.0773. The van der Waals surface area contributed by atoms with E-state index in [9.17, 15) is 0 Å². The van der Waals surface area contributed by atoms with Crippen LogP contribution in [0.15, 0.2) is 0 Å². The van der Waals surface area contributed by atoms with E-state index in [1.165, 1.54) is 193 Å². The Morgan fingerprint density at radius 1 is 0.341 bits per heavy atom. The van der Waals surface area contributed by atoms with Gasteiger partial charge in [0.1, 0.15) is 0 Å². The van der Waals surface area contributed by atoms with Crippen LogP contribution < -0.4 is 0 Å². The second-order valence-electron chi connectivity index (χ2n) is 14.5. The van der Waals surface area contributed by atoms with Crippen LogP contribution in [0.3, 0.4) is 0 Å². The molecule has 1 saturated heterocycles. The maximum atomic E-state index is 7.56. The molecule has 0 N–H and O–H groups in total. The maximum absolute atomic E-state index is 7.56. The maximum Gasteiger partial charge on any atom is 0.0744 e. The predicted molar refractivity (Wildman–Crippen MR) is 186 cm³/mol. The third kappa shape index (κ3) is 12.8. The van der Waals surface area contributed by atoms with Crippen molar-refractivity contribution >= 4 is 0 Å². The fourth-order valence-electron chi connectivity index (χ4n) is 8.80. The van der Waals surface area contributed by atoms with Crippen LogP contribution in [0.4, 0.5) is 0 Å². The van der Waals surface area contributed by atoms with Gasteiger partial charge in [-0.1, -0.05) is 196 Å². The topological polar surface area (TPSA) is 9.23 Å². The first-order chi connectivity index (χ1) is 20.1. The van der Waals surface area contributed by atoms with E-state index in [1.807, 2.05) is 0 Å². The predicted octanol–water partition coefficient (Wildman–Crippen LogP) is 14.6. The Balaban J connectivity index is 3.59. The smallest absolute Gasteiger partial charge is 0.0744 e. The van der Waals surface area contributed by atoms with Gasteiger partial charge in [0.25, 0.3) is 0 Å². The van der Waals surface area contributed by atoms with Gasteiger partial charge in [0.05, 0.1) is 12.2 Å². The lowest BCUT2D eigenvalue weighted by atomic mass is 9.49. The molecule has 1 heteroatoms. The largest absolute Gasteiger partial charge is 0.374 e. The minimum atomic E-state index is 0.127. The number of hydrogen-bond donors (Lipinski definition) is 0. The minimum absolute atomic E-state index is 0.127. The summed E-state index contributed by atoms with van der Waals surface area (Å²) in [6.45, 7) is 15.3. The molecule has 0 saturated carbocycles. The van der Waals surface area contributed by atoms with Crippen LogP contribution in [0.25, 0.3) is 0 Å². The van der Waals surface area contributed by atoms with Gasteiger partial charge in [-0.15, -0.1) is 0 Å². The first-order valence-electron chi connectivity index (χ1n) is 19.7. The summed E-state index contributed by atoms with van der Waals surface area (Å²) in [6, 6.07) is 0. The van der Waals surface area contributed by atoms with Crippen molar-refractivity contribution in [3.05, 3.63) is 0 Å². The summed E-state index contributed by atoms with van der Waals surface area (Å²) in [5.74, 6) is 0. The average Bonchev–Trinajstić information content (AvgIpc) is 3.23. The highest BCUT2D eigenvalue weighted by molar-refractivity contribution is 5.14. The van der Waals surface area contributed by atoms with Gasteiger partial charge >= 0.3 is 0 Å². The lowest BCUT2D eigenvalue weighted by Gasteiger charge is -2.54. The first kappa shape index (κ1) is 39.0. The number of ether oxygens (including phenoxy) is 1. The van der Waals surface area contributed by atoms with Gasteiger partial charge in [-0.2, -0.15) is 0 Å². The summed E-state index contributed by atoms with van der Waals surface area (Å²) >= 11 is 0. The second-order valence-corrected chi connectivity index (χ2v) is 14.5. The van der Waals surface area contributed by atoms with Crippen molar-refractivity contribution in [2.24, 2.45) is 10.8 Å². The molecule has 246 valence electrons. The fourth-order valence-corrected chi connectivity index (χ4v) is 8.80. The van der Waals surface area contributed by atoms with E-state index in [4.69, 9.17) is 4.74 Å². The monoisotopic (exact) mass is 577 g/mol. The van der Waals surface area contributed by atoms with Crippen molar-refractivity contribution in [1.82, 2.24) is 0 Å². The van der Waals surface area contributed by atoms with Crippen molar-refractivity contribution in [1.29, 1.82) is 0 Å². The molecular weight excluding hydrogens is 496 g/mol. The Kier molecular flexibility index (Phi) is 23.1. The lowest BCUT2D eigenvalue weighted by Crippen LogP contribution is -2.53. The van der Waals surface area contributed by atoms with Gasteiger partial charge < -0.3 is 4.74 Å². The van der Waals surface area contributed by atoms with E-state index in [0.29, 0.717) is 10.8 Å². The summed E-state index contributed by atoms with van der Waals surface area (Å²) in [5.41, 5.74) is 0.920. The van der Waals surface area contributed by atoms with Gasteiger partial charge in [-0.3, -0.25) is 0 Å². The van der Waals surface area contributed by atoms with E-state index in [1.54, 1.807) is 0 Å². The molecule has 1 nitrogen and oxygen atoms in total. The zero-order valence-electron chi connectivity index (χ0n) is 29.8. The zero-order chi connectivity index (χ0) is 30.1. The molecule has 1 rings (SSSR count). The van der Waals surface area contributed by atoms with Gasteiger partial charge in [-0.25, -0.2) is 0 Å². The second kappa shape index (κ2) is 24.3. The van der Waals surface area contributed by atoms with Crippen molar-refractivity contribution in [3.8, 4) is 0 Å². The number of unbranched alkanes of at least 4 members (excludes halogenated alkanes) is 18. The lowest BCUT2D eigenvalue weighted by molar-refractivity contribution is -0.104. The summed E-state index contributed by atoms with van der Waals surface area (Å²) in [5, 5.41) is 0. The Morgan fingerprint density at radius 3 is 0.951 bits per heavy atom. The normalized spacial score (nSPS) is 17.4. The van der Waals surface area contributed by atoms with Crippen LogP contribution in [0, 0.1) is 10.8 Å². The molecule has 0 atom stereocenters. The van der Waals surface area contributed by atoms with Gasteiger partial charge in [0, 0.05) is 10.8 Å². The molecule has 0 aromatic heterocycles. The van der Waals surface area contributed by atoms with Crippen LogP contribution in [-0.2, 0) is 4.74 Å². The van der Waals surface area contributed by atoms with Crippen LogP contribution in [-0.4, -0.2) is 12.2 Å². The molecule has 0 amide bonds. The standard InChI is InChI=1S/C40H80O/c1-7-13-19-25-31-38(32-26-20-14-8-2)37-41-40(35-29-23-17-11-5,36-30-24-18-12-6)39(38,33-27-21-15-9-3)34-28-22-16-10-4/h7-37H2,1-6H3. The Hall–Kier alpha value is -0.0400. The van der Waals surface area contributed by atoms with Gasteiger partial charge in [0.2, 0.25) is 0 Å². The highest BCUT2D eigenvalue weighted by atomic mass is 16.5. The van der Waals surface area contributed by atoms with Crippen LogP contribution in [0.1, 0.15) is 234 Å². The molecule has 0 spiro atoms. The van der Waals surface area contributed by atoms with Crippen LogP contribution in [0.2, 0.25) is 0 Å². The molecule has 0 radical (unpaired) electrons. The molecule has 0 aliphatic carbocycles. The third-order valence-corrected chi connectivity index (χ3v) is 11.3. The minimum Gasteiger partial charge on any atom is -0.374 e. The molecule has 1 fully saturated rings. The first-order valence-corrected chi connectivity index (χ1v) is 19.7. The SMILES string of the molecule is CCCCCCC1(CCCCCC)COC(CCCCCC)(CCCCCC)C1(CCCCCC)CCCCCC. The van der Waals surface area contributed by atoms with Crippen molar-refractivity contribution in [2.75, 3.05) is 6.61 Å². The molecule has 1 aliphatic rings. The van der Waals surface area contributed by atoms with Crippen molar-refractivity contribution in [2.45, 2.75) is 240 Å². The number of rotatable bonds is 30. The highest BCUT2D eigenvalue weighted by Gasteiger charge is 2.65. The molecule has 1 aliphatic heterocycles. The summed E-state index contributed by atoms with van der Waals surface area (Å²) in [4.78, 5) is 0. The van der Waals surface area contributed by atoms with Crippen molar-refractivity contribution < 1.29 is 4.74 Å². The van der Waals surface area contributed by atoms with Crippen molar-refractivity contribution in [3.63, 3.8) is 0 Å². The Bertz CT molecular complexity index is 491. The Labute approximate surface area is 261 Å². The molecule has 41 heavy (non-hydrogen) atoms. The highest BCUT2D eigenvalue weighted by Crippen LogP contribution is 2.67. The van der Waals surface area contributed by atoms with Gasteiger partial charge in [-0.05, 0) is 38.5 Å². The van der Waals surface area contributed by atoms with Crippen LogP contribution >= 0.6 is 0 Å². The average molecular weight is 577 g/mol. The summed E-state index contributed by atoms with van der Waals surface area (Å²) in [7, 11) is 0. The molecular formula is C40H80O.